The molecular formula is C27H33N3O4S2. The zero-order valence-electron chi connectivity index (χ0n) is 21.1. The lowest BCUT2D eigenvalue weighted by atomic mass is 10.1. The maximum absolute atomic E-state index is 13.8. The molecule has 1 aliphatic heterocycles. The zero-order chi connectivity index (χ0) is 26.1. The first-order valence-electron chi connectivity index (χ1n) is 12.1. The van der Waals surface area contributed by atoms with Gasteiger partial charge in [-0.05, 0) is 69.7 Å². The number of aryl methyl sites for hydroxylation is 1. The Balaban J connectivity index is 1.85. The number of nitrogens with zero attached hydrogens (tertiary/aromatic N) is 3. The normalized spacial score (nSPS) is 19.4. The minimum absolute atomic E-state index is 0.0464. The highest BCUT2D eigenvalue weighted by molar-refractivity contribution is 7.90. The number of sulfonamides is 2. The molecule has 4 rings (SSSR count). The van der Waals surface area contributed by atoms with Crippen LogP contribution >= 0.6 is 0 Å². The van der Waals surface area contributed by atoms with Crippen molar-refractivity contribution in [3.05, 3.63) is 90.0 Å². The second kappa shape index (κ2) is 10.3. The van der Waals surface area contributed by atoms with E-state index in [4.69, 9.17) is 0 Å². The molecular weight excluding hydrogens is 494 g/mol. The summed E-state index contributed by atoms with van der Waals surface area (Å²) in [6, 6.07) is 21.8. The van der Waals surface area contributed by atoms with E-state index in [1.807, 2.05) is 31.2 Å². The molecule has 1 saturated heterocycles. The Morgan fingerprint density at radius 1 is 0.778 bits per heavy atom. The third kappa shape index (κ3) is 4.80. The quantitative estimate of drug-likeness (QED) is 0.427. The van der Waals surface area contributed by atoms with Crippen LogP contribution < -0.4 is 4.90 Å². The van der Waals surface area contributed by atoms with Crippen molar-refractivity contribution < 1.29 is 16.8 Å². The largest absolute Gasteiger partial charge is 0.372 e. The Labute approximate surface area is 215 Å². The summed E-state index contributed by atoms with van der Waals surface area (Å²) >= 11 is 0. The van der Waals surface area contributed by atoms with Gasteiger partial charge in [0.25, 0.3) is 0 Å². The summed E-state index contributed by atoms with van der Waals surface area (Å²) in [5.74, 6) is 0. The Hall–Kier alpha value is -2.72. The van der Waals surface area contributed by atoms with E-state index in [0.717, 1.165) is 24.3 Å². The SMILES string of the molecule is CCN(CC)c1ccc([C@H]2N(S(=O)(=O)c3ccc(C)cc3)C[C@H](C)N2S(=O)(=O)c2ccccc2)cc1. The van der Waals surface area contributed by atoms with Crippen molar-refractivity contribution in [1.29, 1.82) is 0 Å². The minimum atomic E-state index is -3.99. The van der Waals surface area contributed by atoms with Crippen LogP contribution in [0.15, 0.2) is 88.7 Å². The molecule has 3 aromatic rings. The van der Waals surface area contributed by atoms with Gasteiger partial charge in [-0.15, -0.1) is 0 Å². The molecule has 1 aliphatic rings. The molecule has 0 N–H and O–H groups in total. The fraction of sp³-hybridized carbons (Fsp3) is 0.333. The van der Waals surface area contributed by atoms with Gasteiger partial charge in [-0.1, -0.05) is 48.0 Å². The van der Waals surface area contributed by atoms with E-state index in [1.165, 1.54) is 8.61 Å². The molecule has 0 saturated carbocycles. The van der Waals surface area contributed by atoms with E-state index in [9.17, 15) is 16.8 Å². The Morgan fingerprint density at radius 2 is 1.33 bits per heavy atom. The number of hydrogen-bond donors (Lipinski definition) is 0. The molecule has 36 heavy (non-hydrogen) atoms. The van der Waals surface area contributed by atoms with Crippen LogP contribution in [0.2, 0.25) is 0 Å². The van der Waals surface area contributed by atoms with Crippen molar-refractivity contribution in [2.75, 3.05) is 24.5 Å². The minimum Gasteiger partial charge on any atom is -0.372 e. The van der Waals surface area contributed by atoms with Gasteiger partial charge in [-0.3, -0.25) is 0 Å². The van der Waals surface area contributed by atoms with E-state index in [2.05, 4.69) is 18.7 Å². The lowest BCUT2D eigenvalue weighted by Gasteiger charge is -2.31. The van der Waals surface area contributed by atoms with Gasteiger partial charge in [-0.25, -0.2) is 16.8 Å². The van der Waals surface area contributed by atoms with Crippen molar-refractivity contribution in [2.45, 2.75) is 49.7 Å². The standard InChI is InChI=1S/C27H33N3O4S2/c1-5-28(6-2)24-16-14-23(15-17-24)27-29(35(31,32)26-18-12-21(3)13-19-26)20-22(4)30(27)36(33,34)25-10-8-7-9-11-25/h7-19,22,27H,5-6,20H2,1-4H3/t22-,27-/m0/s1. The van der Waals surface area contributed by atoms with Gasteiger partial charge >= 0.3 is 0 Å². The summed E-state index contributed by atoms with van der Waals surface area (Å²) in [5, 5.41) is 0. The molecule has 0 radical (unpaired) electrons. The van der Waals surface area contributed by atoms with Gasteiger partial charge in [0.1, 0.15) is 6.17 Å². The average molecular weight is 528 g/mol. The number of hydrogen-bond acceptors (Lipinski definition) is 5. The molecule has 0 spiro atoms. The molecule has 1 heterocycles. The van der Waals surface area contributed by atoms with Crippen LogP contribution in [0.25, 0.3) is 0 Å². The summed E-state index contributed by atoms with van der Waals surface area (Å²) in [7, 11) is -7.97. The van der Waals surface area contributed by atoms with E-state index >= 15 is 0 Å². The summed E-state index contributed by atoms with van der Waals surface area (Å²) < 4.78 is 58.0. The zero-order valence-corrected chi connectivity index (χ0v) is 22.7. The van der Waals surface area contributed by atoms with E-state index in [1.54, 1.807) is 61.5 Å². The van der Waals surface area contributed by atoms with Gasteiger partial charge in [0, 0.05) is 31.4 Å². The monoisotopic (exact) mass is 527 g/mol. The van der Waals surface area contributed by atoms with E-state index in [-0.39, 0.29) is 16.3 Å². The molecule has 3 aromatic carbocycles. The smallest absolute Gasteiger partial charge is 0.245 e. The second-order valence-corrected chi connectivity index (χ2v) is 12.8. The van der Waals surface area contributed by atoms with Crippen LogP contribution in [0.5, 0.6) is 0 Å². The molecule has 0 aromatic heterocycles. The topological polar surface area (TPSA) is 78.0 Å². The lowest BCUT2D eigenvalue weighted by molar-refractivity contribution is 0.276. The molecule has 0 amide bonds. The molecule has 2 atom stereocenters. The Bertz CT molecular complexity index is 1390. The van der Waals surface area contributed by atoms with Gasteiger partial charge < -0.3 is 4.90 Å². The number of anilines is 1. The van der Waals surface area contributed by atoms with Gasteiger partial charge in [-0.2, -0.15) is 8.61 Å². The predicted octanol–water partition coefficient (Wildman–Crippen LogP) is 4.62. The Morgan fingerprint density at radius 3 is 1.89 bits per heavy atom. The fourth-order valence-electron chi connectivity index (χ4n) is 4.73. The highest BCUT2D eigenvalue weighted by Crippen LogP contribution is 2.41. The summed E-state index contributed by atoms with van der Waals surface area (Å²) in [5.41, 5.74) is 2.55. The first-order valence-corrected chi connectivity index (χ1v) is 15.0. The highest BCUT2D eigenvalue weighted by Gasteiger charge is 2.50. The van der Waals surface area contributed by atoms with Gasteiger partial charge in [0.15, 0.2) is 0 Å². The molecule has 9 heteroatoms. The van der Waals surface area contributed by atoms with Gasteiger partial charge in [0.2, 0.25) is 20.0 Å². The molecule has 192 valence electrons. The van der Waals surface area contributed by atoms with Crippen LogP contribution in [0.1, 0.15) is 38.1 Å². The molecule has 0 aliphatic carbocycles. The van der Waals surface area contributed by atoms with Crippen LogP contribution in [-0.2, 0) is 20.0 Å². The fourth-order valence-corrected chi connectivity index (χ4v) is 8.22. The average Bonchev–Trinajstić information content (AvgIpc) is 3.25. The predicted molar refractivity (Wildman–Crippen MR) is 143 cm³/mol. The Kier molecular flexibility index (Phi) is 7.56. The van der Waals surface area contributed by atoms with Crippen LogP contribution in [0, 0.1) is 6.92 Å². The summed E-state index contributed by atoms with van der Waals surface area (Å²) in [6.07, 6.45) is -1.01. The maximum atomic E-state index is 13.8. The van der Waals surface area contributed by atoms with Crippen LogP contribution in [0.4, 0.5) is 5.69 Å². The second-order valence-electron chi connectivity index (χ2n) is 9.02. The van der Waals surface area contributed by atoms with Crippen LogP contribution in [-0.4, -0.2) is 51.1 Å². The van der Waals surface area contributed by atoms with Gasteiger partial charge in [0.05, 0.1) is 9.79 Å². The van der Waals surface area contributed by atoms with Crippen molar-refractivity contribution in [2.24, 2.45) is 0 Å². The van der Waals surface area contributed by atoms with Crippen molar-refractivity contribution in [3.8, 4) is 0 Å². The molecule has 0 bridgehead atoms. The third-order valence-electron chi connectivity index (χ3n) is 6.66. The first kappa shape index (κ1) is 26.3. The number of benzene rings is 3. The first-order chi connectivity index (χ1) is 17.1. The summed E-state index contributed by atoms with van der Waals surface area (Å²) in [6.45, 7) is 9.49. The van der Waals surface area contributed by atoms with Crippen LogP contribution in [0.3, 0.4) is 0 Å². The molecule has 1 fully saturated rings. The lowest BCUT2D eigenvalue weighted by Crippen LogP contribution is -2.39. The maximum Gasteiger partial charge on any atom is 0.245 e. The van der Waals surface area contributed by atoms with E-state index < -0.39 is 32.3 Å². The number of rotatable bonds is 8. The van der Waals surface area contributed by atoms with Crippen molar-refractivity contribution in [3.63, 3.8) is 0 Å². The third-order valence-corrected chi connectivity index (χ3v) is 10.5. The van der Waals surface area contributed by atoms with Crippen molar-refractivity contribution in [1.82, 2.24) is 8.61 Å². The highest BCUT2D eigenvalue weighted by atomic mass is 32.2. The van der Waals surface area contributed by atoms with Crippen molar-refractivity contribution >= 4 is 25.7 Å². The molecule has 7 nitrogen and oxygen atoms in total. The molecule has 0 unspecified atom stereocenters. The van der Waals surface area contributed by atoms with E-state index in [0.29, 0.717) is 5.56 Å². The summed E-state index contributed by atoms with van der Waals surface area (Å²) in [4.78, 5) is 2.46.